The molecule has 0 amide bonds. The van der Waals surface area contributed by atoms with E-state index in [4.69, 9.17) is 9.15 Å². The molecule has 0 saturated carbocycles. The van der Waals surface area contributed by atoms with Crippen molar-refractivity contribution in [1.29, 1.82) is 0 Å². The Morgan fingerprint density at radius 3 is 2.77 bits per heavy atom. The number of aliphatic hydroxyl groups is 3. The van der Waals surface area contributed by atoms with Crippen LogP contribution in [0.15, 0.2) is 29.4 Å². The summed E-state index contributed by atoms with van der Waals surface area (Å²) in [5.74, 6) is -0.00390. The zero-order chi connectivity index (χ0) is 18.3. The summed E-state index contributed by atoms with van der Waals surface area (Å²) in [6.45, 7) is -0.372. The van der Waals surface area contributed by atoms with Gasteiger partial charge in [0.25, 0.3) is 0 Å². The molecular formula is C15H16FN5O5. The molecule has 4 heterocycles. The van der Waals surface area contributed by atoms with Crippen LogP contribution in [-0.4, -0.2) is 59.8 Å². The third-order valence-corrected chi connectivity index (χ3v) is 4.26. The van der Waals surface area contributed by atoms with Gasteiger partial charge in [-0.15, -0.1) is 0 Å². The Bertz CT molecular complexity index is 915. The maximum absolute atomic E-state index is 13.5. The highest BCUT2D eigenvalue weighted by atomic mass is 19.1. The van der Waals surface area contributed by atoms with E-state index in [1.54, 1.807) is 0 Å². The highest BCUT2D eigenvalue weighted by Gasteiger charge is 2.44. The molecule has 4 rings (SSSR count). The normalized spacial score (nSPS) is 25.8. The molecule has 0 aromatic carbocycles. The van der Waals surface area contributed by atoms with Gasteiger partial charge in [0.05, 0.1) is 25.7 Å². The Kier molecular flexibility index (Phi) is 4.28. The summed E-state index contributed by atoms with van der Waals surface area (Å²) in [5, 5.41) is 32.2. The van der Waals surface area contributed by atoms with E-state index >= 15 is 0 Å². The maximum Gasteiger partial charge on any atom is 0.167 e. The van der Waals surface area contributed by atoms with Crippen molar-refractivity contribution in [2.45, 2.75) is 31.1 Å². The average Bonchev–Trinajstić information content (AvgIpc) is 3.32. The van der Waals surface area contributed by atoms with Crippen molar-refractivity contribution >= 4 is 17.0 Å². The highest BCUT2D eigenvalue weighted by molar-refractivity contribution is 5.82. The molecular weight excluding hydrogens is 349 g/mol. The van der Waals surface area contributed by atoms with E-state index in [-0.39, 0.29) is 12.3 Å². The van der Waals surface area contributed by atoms with Crippen molar-refractivity contribution in [3.8, 4) is 0 Å². The zero-order valence-corrected chi connectivity index (χ0v) is 13.4. The van der Waals surface area contributed by atoms with Crippen LogP contribution < -0.4 is 5.32 Å². The van der Waals surface area contributed by atoms with E-state index < -0.39 is 37.0 Å². The van der Waals surface area contributed by atoms with E-state index in [2.05, 4.69) is 20.3 Å². The number of ether oxygens (including phenoxy) is 1. The summed E-state index contributed by atoms with van der Waals surface area (Å²) >= 11 is 0. The molecule has 0 bridgehead atoms. The molecule has 11 heteroatoms. The third kappa shape index (κ3) is 2.70. The largest absolute Gasteiger partial charge is 0.464 e. The first kappa shape index (κ1) is 16.8. The van der Waals surface area contributed by atoms with Gasteiger partial charge >= 0.3 is 0 Å². The second kappa shape index (κ2) is 6.61. The zero-order valence-electron chi connectivity index (χ0n) is 13.4. The number of fused-ring (bicyclic) bond motifs is 1. The first-order valence-electron chi connectivity index (χ1n) is 7.86. The topological polar surface area (TPSA) is 139 Å². The minimum atomic E-state index is -1.26. The van der Waals surface area contributed by atoms with Crippen molar-refractivity contribution in [3.05, 3.63) is 36.6 Å². The standard InChI is InChI=1S/C15H16FN5O5/c16-7-1-2-25-8(7)3-17-13-10-14(19-5-18-13)21(6-20-10)15-12(24)11(23)9(4-22)26-15/h1-2,5-6,9,11-12,15,22-24H,3-4H2,(H,17,18,19)/t9-,11-,12+,15?/m1/s1. The van der Waals surface area contributed by atoms with Gasteiger partial charge in [0.15, 0.2) is 34.8 Å². The molecule has 1 aliphatic heterocycles. The highest BCUT2D eigenvalue weighted by Crippen LogP contribution is 2.32. The predicted octanol–water partition coefficient (Wildman–Crippen LogP) is -0.218. The lowest BCUT2D eigenvalue weighted by atomic mass is 10.1. The summed E-state index contributed by atoms with van der Waals surface area (Å²) in [7, 11) is 0. The van der Waals surface area contributed by atoms with Crippen molar-refractivity contribution < 1.29 is 28.9 Å². The summed E-state index contributed by atoms with van der Waals surface area (Å²) in [6.07, 6.45) is -0.442. The van der Waals surface area contributed by atoms with Crippen molar-refractivity contribution in [3.63, 3.8) is 0 Å². The van der Waals surface area contributed by atoms with Gasteiger partial charge in [-0.25, -0.2) is 19.3 Å². The first-order chi connectivity index (χ1) is 12.6. The molecule has 3 aromatic rings. The Morgan fingerprint density at radius 2 is 2.08 bits per heavy atom. The number of aliphatic hydroxyl groups excluding tert-OH is 3. The molecule has 4 N–H and O–H groups in total. The van der Waals surface area contributed by atoms with Gasteiger partial charge in [-0.05, 0) is 0 Å². The van der Waals surface area contributed by atoms with Gasteiger partial charge in [0.1, 0.15) is 24.6 Å². The van der Waals surface area contributed by atoms with E-state index in [9.17, 15) is 19.7 Å². The van der Waals surface area contributed by atoms with Gasteiger partial charge < -0.3 is 29.8 Å². The SMILES string of the molecule is OC[C@H]1OC(n2cnc3c(NCc4occc4F)ncnc32)[C@@H](O)[C@@H]1O. The summed E-state index contributed by atoms with van der Waals surface area (Å²) in [5.41, 5.74) is 0.717. The van der Waals surface area contributed by atoms with Crippen LogP contribution in [0.25, 0.3) is 11.2 Å². The van der Waals surface area contributed by atoms with E-state index in [1.807, 2.05) is 0 Å². The van der Waals surface area contributed by atoms with Crippen LogP contribution in [0.1, 0.15) is 12.0 Å². The second-order valence-corrected chi connectivity index (χ2v) is 5.82. The Hall–Kier alpha value is -2.60. The second-order valence-electron chi connectivity index (χ2n) is 5.82. The minimum absolute atomic E-state index is 0.0612. The Morgan fingerprint density at radius 1 is 1.23 bits per heavy atom. The van der Waals surface area contributed by atoms with E-state index in [0.717, 1.165) is 0 Å². The molecule has 10 nitrogen and oxygen atoms in total. The summed E-state index contributed by atoms with van der Waals surface area (Å²) in [4.78, 5) is 12.4. The molecule has 0 aliphatic carbocycles. The number of rotatable bonds is 5. The van der Waals surface area contributed by atoms with Crippen LogP contribution in [0.2, 0.25) is 0 Å². The molecule has 0 radical (unpaired) electrons. The van der Waals surface area contributed by atoms with Gasteiger partial charge in [0.2, 0.25) is 0 Å². The predicted molar refractivity (Wildman–Crippen MR) is 84.3 cm³/mol. The van der Waals surface area contributed by atoms with Gasteiger partial charge in [-0.2, -0.15) is 0 Å². The lowest BCUT2D eigenvalue weighted by Gasteiger charge is -2.16. The third-order valence-electron chi connectivity index (χ3n) is 4.26. The molecule has 3 aromatic heterocycles. The average molecular weight is 365 g/mol. The van der Waals surface area contributed by atoms with Crippen molar-refractivity contribution in [2.75, 3.05) is 11.9 Å². The molecule has 4 atom stereocenters. The van der Waals surface area contributed by atoms with Crippen LogP contribution in [0, 0.1) is 5.82 Å². The van der Waals surface area contributed by atoms with Crippen molar-refractivity contribution in [2.24, 2.45) is 0 Å². The Balaban J connectivity index is 1.62. The number of hydrogen-bond acceptors (Lipinski definition) is 9. The number of nitrogens with zero attached hydrogens (tertiary/aromatic N) is 4. The fourth-order valence-corrected chi connectivity index (χ4v) is 2.89. The first-order valence-corrected chi connectivity index (χ1v) is 7.86. The molecule has 1 saturated heterocycles. The number of nitrogens with one attached hydrogen (secondary N) is 1. The number of hydrogen-bond donors (Lipinski definition) is 4. The number of aromatic nitrogens is 4. The fraction of sp³-hybridized carbons (Fsp3) is 0.400. The van der Waals surface area contributed by atoms with Crippen LogP contribution >= 0.6 is 0 Å². The van der Waals surface area contributed by atoms with E-state index in [1.165, 1.54) is 29.6 Å². The Labute approximate surface area is 145 Å². The molecule has 1 aliphatic rings. The smallest absolute Gasteiger partial charge is 0.167 e. The van der Waals surface area contributed by atoms with Crippen LogP contribution in [0.4, 0.5) is 10.2 Å². The molecule has 1 fully saturated rings. The number of imidazole rings is 1. The summed E-state index contributed by atoms with van der Waals surface area (Å²) in [6, 6.07) is 1.21. The fourth-order valence-electron chi connectivity index (χ4n) is 2.89. The lowest BCUT2D eigenvalue weighted by molar-refractivity contribution is -0.0511. The van der Waals surface area contributed by atoms with Crippen LogP contribution in [-0.2, 0) is 11.3 Å². The summed E-state index contributed by atoms with van der Waals surface area (Å²) < 4.78 is 25.4. The van der Waals surface area contributed by atoms with Gasteiger partial charge in [0, 0.05) is 6.07 Å². The lowest BCUT2D eigenvalue weighted by Crippen LogP contribution is -2.33. The number of halogens is 1. The van der Waals surface area contributed by atoms with Crippen LogP contribution in [0.3, 0.4) is 0 Å². The number of furan rings is 1. The molecule has 1 unspecified atom stereocenters. The quantitative estimate of drug-likeness (QED) is 0.483. The van der Waals surface area contributed by atoms with Crippen LogP contribution in [0.5, 0.6) is 0 Å². The monoisotopic (exact) mass is 365 g/mol. The molecule has 0 spiro atoms. The van der Waals surface area contributed by atoms with Crippen molar-refractivity contribution in [1.82, 2.24) is 19.5 Å². The van der Waals surface area contributed by atoms with E-state index in [0.29, 0.717) is 17.0 Å². The minimum Gasteiger partial charge on any atom is -0.464 e. The number of anilines is 1. The van der Waals surface area contributed by atoms with Gasteiger partial charge in [-0.3, -0.25) is 4.57 Å². The van der Waals surface area contributed by atoms with Gasteiger partial charge in [-0.1, -0.05) is 0 Å². The maximum atomic E-state index is 13.5. The molecule has 138 valence electrons. The molecule has 26 heavy (non-hydrogen) atoms.